The standard InChI is InChI=1S/C29H37N5O3/c1-4-37-28(35)12-9-15-30-24-11-8-10-23(19-24)27-20-25(29(36)32-33-16-6-5-7-17-33)31-34(27)26-14-13-21(2)18-22(26)3/h8-14,18-19,27,30H,4-7,15-17,20H2,1-3H3,(H,32,36)/b12-9+. The number of nitrogens with zero attached hydrogens (tertiary/aromatic N) is 3. The number of esters is 1. The van der Waals surface area contributed by atoms with E-state index in [9.17, 15) is 9.59 Å². The van der Waals surface area contributed by atoms with E-state index >= 15 is 0 Å². The first-order valence-corrected chi connectivity index (χ1v) is 13.1. The lowest BCUT2D eigenvalue weighted by molar-refractivity contribution is -0.137. The van der Waals surface area contributed by atoms with Gasteiger partial charge in [-0.05, 0) is 62.9 Å². The number of rotatable bonds is 9. The number of ether oxygens (including phenoxy) is 1. The average molecular weight is 504 g/mol. The highest BCUT2D eigenvalue weighted by atomic mass is 16.5. The Balaban J connectivity index is 1.53. The molecule has 0 spiro atoms. The minimum Gasteiger partial charge on any atom is -0.463 e. The fraction of sp³-hybridized carbons (Fsp3) is 0.414. The Labute approximate surface area is 219 Å². The van der Waals surface area contributed by atoms with E-state index in [2.05, 4.69) is 54.9 Å². The van der Waals surface area contributed by atoms with Crippen LogP contribution in [0.25, 0.3) is 0 Å². The van der Waals surface area contributed by atoms with Crippen molar-refractivity contribution in [2.24, 2.45) is 5.10 Å². The maximum atomic E-state index is 13.2. The lowest BCUT2D eigenvalue weighted by Gasteiger charge is -2.26. The van der Waals surface area contributed by atoms with Crippen LogP contribution in [-0.4, -0.2) is 48.8 Å². The van der Waals surface area contributed by atoms with Gasteiger partial charge in [-0.15, -0.1) is 0 Å². The molecule has 4 rings (SSSR count). The van der Waals surface area contributed by atoms with Gasteiger partial charge in [0.25, 0.3) is 5.91 Å². The van der Waals surface area contributed by atoms with E-state index in [1.54, 1.807) is 13.0 Å². The molecule has 37 heavy (non-hydrogen) atoms. The number of anilines is 2. The molecule has 1 unspecified atom stereocenters. The molecule has 0 bridgehead atoms. The number of carbonyl (C=O) groups excluding carboxylic acids is 2. The molecule has 1 fully saturated rings. The molecule has 1 saturated heterocycles. The fourth-order valence-electron chi connectivity index (χ4n) is 4.78. The van der Waals surface area contributed by atoms with Crippen LogP contribution in [-0.2, 0) is 14.3 Å². The number of hydrazone groups is 1. The minimum atomic E-state index is -0.347. The maximum Gasteiger partial charge on any atom is 0.330 e. The second kappa shape index (κ2) is 12.5. The Morgan fingerprint density at radius 3 is 2.68 bits per heavy atom. The first kappa shape index (κ1) is 26.4. The van der Waals surface area contributed by atoms with Crippen molar-refractivity contribution in [1.82, 2.24) is 10.4 Å². The van der Waals surface area contributed by atoms with Crippen molar-refractivity contribution in [3.63, 3.8) is 0 Å². The number of carbonyl (C=O) groups is 2. The minimum absolute atomic E-state index is 0.111. The van der Waals surface area contributed by atoms with Crippen molar-refractivity contribution >= 4 is 29.0 Å². The van der Waals surface area contributed by atoms with Gasteiger partial charge in [0.2, 0.25) is 0 Å². The Morgan fingerprint density at radius 1 is 1.11 bits per heavy atom. The van der Waals surface area contributed by atoms with Gasteiger partial charge in [0, 0.05) is 37.8 Å². The maximum absolute atomic E-state index is 13.2. The molecule has 1 amide bonds. The van der Waals surface area contributed by atoms with Crippen LogP contribution in [0.1, 0.15) is 55.3 Å². The third kappa shape index (κ3) is 6.98. The predicted octanol–water partition coefficient (Wildman–Crippen LogP) is 4.66. The molecule has 0 aromatic heterocycles. The molecular weight excluding hydrogens is 466 g/mol. The lowest BCUT2D eigenvalue weighted by atomic mass is 9.99. The number of benzene rings is 2. The van der Waals surface area contributed by atoms with E-state index in [4.69, 9.17) is 9.84 Å². The summed E-state index contributed by atoms with van der Waals surface area (Å²) >= 11 is 0. The van der Waals surface area contributed by atoms with Crippen LogP contribution in [0, 0.1) is 13.8 Å². The summed E-state index contributed by atoms with van der Waals surface area (Å²) < 4.78 is 4.92. The monoisotopic (exact) mass is 503 g/mol. The Kier molecular flexibility index (Phi) is 8.95. The zero-order valence-electron chi connectivity index (χ0n) is 22.0. The van der Waals surface area contributed by atoms with Crippen molar-refractivity contribution in [3.05, 3.63) is 71.3 Å². The van der Waals surface area contributed by atoms with Crippen LogP contribution >= 0.6 is 0 Å². The van der Waals surface area contributed by atoms with Gasteiger partial charge in [0.05, 0.1) is 18.3 Å². The molecule has 0 radical (unpaired) electrons. The van der Waals surface area contributed by atoms with Crippen LogP contribution in [0.5, 0.6) is 0 Å². The average Bonchev–Trinajstić information content (AvgIpc) is 3.33. The predicted molar refractivity (Wildman–Crippen MR) is 147 cm³/mol. The van der Waals surface area contributed by atoms with Gasteiger partial charge in [-0.3, -0.25) is 15.2 Å². The van der Waals surface area contributed by atoms with Gasteiger partial charge in [0.1, 0.15) is 5.71 Å². The van der Waals surface area contributed by atoms with Gasteiger partial charge in [-0.25, -0.2) is 9.80 Å². The zero-order valence-corrected chi connectivity index (χ0v) is 22.0. The fourth-order valence-corrected chi connectivity index (χ4v) is 4.78. The van der Waals surface area contributed by atoms with E-state index in [0.29, 0.717) is 25.3 Å². The molecule has 2 aliphatic heterocycles. The van der Waals surface area contributed by atoms with Gasteiger partial charge < -0.3 is 10.1 Å². The second-order valence-electron chi connectivity index (χ2n) is 9.55. The quantitative estimate of drug-likeness (QED) is 0.382. The zero-order chi connectivity index (χ0) is 26.2. The molecule has 8 heteroatoms. The molecule has 0 saturated carbocycles. The molecule has 0 aliphatic carbocycles. The number of piperidine rings is 1. The summed E-state index contributed by atoms with van der Waals surface area (Å²) in [5.41, 5.74) is 8.89. The summed E-state index contributed by atoms with van der Waals surface area (Å²) in [7, 11) is 0. The van der Waals surface area contributed by atoms with Gasteiger partial charge in [0.15, 0.2) is 0 Å². The van der Waals surface area contributed by atoms with Crippen LogP contribution < -0.4 is 15.8 Å². The summed E-state index contributed by atoms with van der Waals surface area (Å²) in [6, 6.07) is 14.3. The highest BCUT2D eigenvalue weighted by Gasteiger charge is 2.34. The van der Waals surface area contributed by atoms with E-state index in [0.717, 1.165) is 48.4 Å². The molecule has 2 aliphatic rings. The molecule has 196 valence electrons. The van der Waals surface area contributed by atoms with Crippen molar-refractivity contribution in [3.8, 4) is 0 Å². The topological polar surface area (TPSA) is 86.3 Å². The Bertz CT molecular complexity index is 1170. The van der Waals surface area contributed by atoms with Crippen molar-refractivity contribution in [2.75, 3.05) is 36.6 Å². The molecule has 8 nitrogen and oxygen atoms in total. The first-order valence-electron chi connectivity index (χ1n) is 13.1. The Hall–Kier alpha value is -3.65. The molecule has 2 aromatic rings. The van der Waals surface area contributed by atoms with Crippen LogP contribution in [0.15, 0.2) is 59.7 Å². The number of hydrazine groups is 1. The van der Waals surface area contributed by atoms with Crippen molar-refractivity contribution in [2.45, 2.75) is 52.5 Å². The Morgan fingerprint density at radius 2 is 1.92 bits per heavy atom. The molecule has 2 heterocycles. The summed E-state index contributed by atoms with van der Waals surface area (Å²) in [5.74, 6) is -0.474. The third-order valence-electron chi connectivity index (χ3n) is 6.62. The number of aryl methyl sites for hydroxylation is 2. The summed E-state index contributed by atoms with van der Waals surface area (Å²) in [5, 5.41) is 12.2. The normalized spacial score (nSPS) is 18.1. The van der Waals surface area contributed by atoms with Crippen molar-refractivity contribution in [1.29, 1.82) is 0 Å². The lowest BCUT2D eigenvalue weighted by Crippen LogP contribution is -2.47. The highest BCUT2D eigenvalue weighted by Crippen LogP contribution is 2.37. The van der Waals surface area contributed by atoms with E-state index in [1.807, 2.05) is 22.2 Å². The number of hydrogen-bond donors (Lipinski definition) is 2. The van der Waals surface area contributed by atoms with E-state index < -0.39 is 0 Å². The van der Waals surface area contributed by atoms with Gasteiger partial charge in [-0.1, -0.05) is 42.3 Å². The van der Waals surface area contributed by atoms with Crippen LogP contribution in [0.2, 0.25) is 0 Å². The van der Waals surface area contributed by atoms with Crippen LogP contribution in [0.4, 0.5) is 11.4 Å². The third-order valence-corrected chi connectivity index (χ3v) is 6.62. The van der Waals surface area contributed by atoms with Gasteiger partial charge in [-0.2, -0.15) is 5.10 Å². The molecule has 2 N–H and O–H groups in total. The summed E-state index contributed by atoms with van der Waals surface area (Å²) in [6.45, 7) is 8.54. The number of amides is 1. The van der Waals surface area contributed by atoms with E-state index in [1.165, 1.54) is 18.1 Å². The highest BCUT2D eigenvalue weighted by molar-refractivity contribution is 6.39. The summed E-state index contributed by atoms with van der Waals surface area (Å²) in [4.78, 5) is 24.7. The SMILES string of the molecule is CCOC(=O)/C=C/CNc1cccc(C2CC(C(=O)NN3CCCCC3)=NN2c2ccc(C)cc2C)c1. The molecular formula is C29H37N5O3. The largest absolute Gasteiger partial charge is 0.463 e. The molecule has 1 atom stereocenters. The smallest absolute Gasteiger partial charge is 0.330 e. The molecule has 2 aromatic carbocycles. The van der Waals surface area contributed by atoms with E-state index in [-0.39, 0.29) is 17.9 Å². The number of hydrogen-bond acceptors (Lipinski definition) is 7. The number of nitrogens with one attached hydrogen (secondary N) is 2. The first-order chi connectivity index (χ1) is 17.9. The van der Waals surface area contributed by atoms with Crippen molar-refractivity contribution < 1.29 is 14.3 Å². The van der Waals surface area contributed by atoms with Crippen LogP contribution in [0.3, 0.4) is 0 Å². The second-order valence-corrected chi connectivity index (χ2v) is 9.55. The van der Waals surface area contributed by atoms with Gasteiger partial charge >= 0.3 is 5.97 Å². The summed E-state index contributed by atoms with van der Waals surface area (Å²) in [6.07, 6.45) is 7.09.